The summed E-state index contributed by atoms with van der Waals surface area (Å²) >= 11 is 0. The maximum Gasteiger partial charge on any atom is 0.0860 e. The van der Waals surface area contributed by atoms with Crippen molar-refractivity contribution in [2.24, 2.45) is 5.41 Å². The zero-order valence-corrected chi connectivity index (χ0v) is 12.0. The molecule has 0 unspecified atom stereocenters. The third-order valence-corrected chi connectivity index (χ3v) is 6.32. The molecule has 0 saturated heterocycles. The molecule has 2 nitrogen and oxygen atoms in total. The smallest absolute Gasteiger partial charge is 0.0860 e. The predicted octanol–water partition coefficient (Wildman–Crippen LogP) is 3.03. The van der Waals surface area contributed by atoms with Gasteiger partial charge in [-0.05, 0) is 66.2 Å². The van der Waals surface area contributed by atoms with Gasteiger partial charge in [0.15, 0.2) is 0 Å². The van der Waals surface area contributed by atoms with E-state index in [0.29, 0.717) is 5.92 Å². The van der Waals surface area contributed by atoms with Crippen molar-refractivity contribution in [3.8, 4) is 0 Å². The number of fused-ring (bicyclic) bond motifs is 3. The molecule has 1 spiro atoms. The largest absolute Gasteiger partial charge is 0.396 e. The van der Waals surface area contributed by atoms with E-state index in [-0.39, 0.29) is 17.9 Å². The lowest BCUT2D eigenvalue weighted by atomic mass is 9.63. The summed E-state index contributed by atoms with van der Waals surface area (Å²) in [5.74, 6) is 0.642. The third-order valence-electron chi connectivity index (χ3n) is 6.32. The Labute approximate surface area is 120 Å². The third kappa shape index (κ3) is 1.27. The van der Waals surface area contributed by atoms with Crippen molar-refractivity contribution in [1.29, 1.82) is 0 Å². The van der Waals surface area contributed by atoms with Gasteiger partial charge in [-0.1, -0.05) is 24.8 Å². The highest BCUT2D eigenvalue weighted by Gasteiger charge is 2.63. The Kier molecular flexibility index (Phi) is 2.36. The minimum atomic E-state index is -0.681. The van der Waals surface area contributed by atoms with Crippen LogP contribution < -0.4 is 0 Å². The standard InChI is InChI=1S/C18H22O2/c1-11-4-3-5-13-14-6-7-18(20)10-17(14,8-12(18)2)15(9-19)16(11)13/h3-5,14-15,19-20H,2,6-10H2,1H3/t14-,15-,17-,18+/m0/s1. The van der Waals surface area contributed by atoms with Crippen molar-refractivity contribution in [3.05, 3.63) is 47.0 Å². The lowest BCUT2D eigenvalue weighted by Gasteiger charge is -2.42. The van der Waals surface area contributed by atoms with Crippen LogP contribution in [0.15, 0.2) is 30.4 Å². The van der Waals surface area contributed by atoms with Crippen LogP contribution in [0.25, 0.3) is 0 Å². The van der Waals surface area contributed by atoms with E-state index in [4.69, 9.17) is 0 Å². The van der Waals surface area contributed by atoms with Crippen LogP contribution in [-0.4, -0.2) is 22.4 Å². The van der Waals surface area contributed by atoms with Gasteiger partial charge in [-0.3, -0.25) is 0 Å². The van der Waals surface area contributed by atoms with Crippen molar-refractivity contribution in [2.75, 3.05) is 6.61 Å². The average Bonchev–Trinajstić information content (AvgIpc) is 2.79. The Morgan fingerprint density at radius 2 is 2.20 bits per heavy atom. The highest BCUT2D eigenvalue weighted by atomic mass is 16.3. The topological polar surface area (TPSA) is 40.5 Å². The molecular weight excluding hydrogens is 248 g/mol. The van der Waals surface area contributed by atoms with E-state index in [2.05, 4.69) is 31.7 Å². The molecule has 0 aliphatic heterocycles. The molecule has 106 valence electrons. The highest BCUT2D eigenvalue weighted by molar-refractivity contribution is 5.51. The van der Waals surface area contributed by atoms with Crippen molar-refractivity contribution >= 4 is 0 Å². The number of hydrogen-bond acceptors (Lipinski definition) is 2. The summed E-state index contributed by atoms with van der Waals surface area (Å²) in [6.07, 6.45) is 3.49. The van der Waals surface area contributed by atoms with E-state index in [1.165, 1.54) is 16.7 Å². The van der Waals surface area contributed by atoms with Gasteiger partial charge in [0.1, 0.15) is 0 Å². The first-order chi connectivity index (χ1) is 9.52. The number of aliphatic hydroxyl groups excluding tert-OH is 1. The molecule has 3 aliphatic carbocycles. The highest BCUT2D eigenvalue weighted by Crippen LogP contribution is 2.71. The molecule has 3 aliphatic rings. The van der Waals surface area contributed by atoms with Crippen LogP contribution in [0.3, 0.4) is 0 Å². The molecule has 2 heteroatoms. The fraction of sp³-hybridized carbons (Fsp3) is 0.556. The van der Waals surface area contributed by atoms with Crippen LogP contribution in [0, 0.1) is 12.3 Å². The summed E-state index contributed by atoms with van der Waals surface area (Å²) in [7, 11) is 0. The Bertz CT molecular complexity index is 605. The van der Waals surface area contributed by atoms with Crippen LogP contribution in [0.4, 0.5) is 0 Å². The molecule has 0 aromatic heterocycles. The van der Waals surface area contributed by atoms with Gasteiger partial charge in [0.05, 0.1) is 12.2 Å². The number of rotatable bonds is 1. The molecular formula is C18H22O2. The second-order valence-corrected chi connectivity index (χ2v) is 7.13. The van der Waals surface area contributed by atoms with E-state index in [9.17, 15) is 10.2 Å². The van der Waals surface area contributed by atoms with Gasteiger partial charge in [-0.25, -0.2) is 0 Å². The summed E-state index contributed by atoms with van der Waals surface area (Å²) in [6.45, 7) is 6.47. The number of benzene rings is 1. The predicted molar refractivity (Wildman–Crippen MR) is 78.7 cm³/mol. The Morgan fingerprint density at radius 3 is 2.95 bits per heavy atom. The first kappa shape index (κ1) is 12.6. The average molecular weight is 270 g/mol. The quantitative estimate of drug-likeness (QED) is 0.770. The van der Waals surface area contributed by atoms with Gasteiger partial charge in [0.2, 0.25) is 0 Å². The van der Waals surface area contributed by atoms with Crippen LogP contribution in [0.1, 0.15) is 54.2 Å². The van der Waals surface area contributed by atoms with E-state index in [1.807, 2.05) is 0 Å². The van der Waals surface area contributed by atoms with E-state index < -0.39 is 5.60 Å². The molecule has 0 radical (unpaired) electrons. The maximum atomic E-state index is 10.8. The summed E-state index contributed by atoms with van der Waals surface area (Å²) in [6, 6.07) is 6.51. The molecule has 2 saturated carbocycles. The van der Waals surface area contributed by atoms with Crippen molar-refractivity contribution in [1.82, 2.24) is 0 Å². The van der Waals surface area contributed by atoms with Crippen molar-refractivity contribution in [2.45, 2.75) is 50.0 Å². The summed E-state index contributed by atoms with van der Waals surface area (Å²) in [5, 5.41) is 20.9. The molecule has 4 rings (SSSR count). The van der Waals surface area contributed by atoms with E-state index in [1.54, 1.807) is 0 Å². The fourth-order valence-electron chi connectivity index (χ4n) is 5.47. The zero-order valence-electron chi connectivity index (χ0n) is 12.0. The molecule has 1 aromatic rings. The molecule has 20 heavy (non-hydrogen) atoms. The molecule has 0 heterocycles. The second-order valence-electron chi connectivity index (χ2n) is 7.13. The number of aryl methyl sites for hydroxylation is 1. The normalized spacial score (nSPS) is 41.6. The lowest BCUT2D eigenvalue weighted by Crippen LogP contribution is -2.38. The first-order valence-electron chi connectivity index (χ1n) is 7.63. The minimum absolute atomic E-state index is 0.00722. The zero-order chi connectivity index (χ0) is 14.1. The minimum Gasteiger partial charge on any atom is -0.396 e. The van der Waals surface area contributed by atoms with Gasteiger partial charge < -0.3 is 10.2 Å². The first-order valence-corrected chi connectivity index (χ1v) is 7.63. The van der Waals surface area contributed by atoms with Crippen LogP contribution in [0.2, 0.25) is 0 Å². The molecule has 2 N–H and O–H groups in total. The van der Waals surface area contributed by atoms with Gasteiger partial charge in [-0.2, -0.15) is 0 Å². The second kappa shape index (κ2) is 3.75. The Balaban J connectivity index is 1.94. The maximum absolute atomic E-state index is 10.8. The van der Waals surface area contributed by atoms with Gasteiger partial charge in [-0.15, -0.1) is 0 Å². The van der Waals surface area contributed by atoms with Gasteiger partial charge in [0, 0.05) is 5.92 Å². The van der Waals surface area contributed by atoms with Gasteiger partial charge in [0.25, 0.3) is 0 Å². The summed E-state index contributed by atoms with van der Waals surface area (Å²) < 4.78 is 0. The van der Waals surface area contributed by atoms with Gasteiger partial charge >= 0.3 is 0 Å². The molecule has 1 aromatic carbocycles. The number of aliphatic hydroxyl groups is 2. The van der Waals surface area contributed by atoms with E-state index in [0.717, 1.165) is 31.3 Å². The van der Waals surface area contributed by atoms with Crippen LogP contribution in [0.5, 0.6) is 0 Å². The monoisotopic (exact) mass is 270 g/mol. The summed E-state index contributed by atoms with van der Waals surface area (Å²) in [5.41, 5.74) is 4.36. The lowest BCUT2D eigenvalue weighted by molar-refractivity contribution is -0.000939. The molecule has 4 atom stereocenters. The fourth-order valence-corrected chi connectivity index (χ4v) is 5.47. The van der Waals surface area contributed by atoms with Crippen molar-refractivity contribution < 1.29 is 10.2 Å². The Hall–Kier alpha value is -1.12. The van der Waals surface area contributed by atoms with Crippen molar-refractivity contribution in [3.63, 3.8) is 0 Å². The van der Waals surface area contributed by atoms with Crippen LogP contribution in [-0.2, 0) is 0 Å². The molecule has 2 fully saturated rings. The SMILES string of the molecule is C=C1C[C@]23C[C@]1(O)CC[C@H]2c1cccc(C)c1[C@@H]3CO. The molecule has 2 bridgehead atoms. The summed E-state index contributed by atoms with van der Waals surface area (Å²) in [4.78, 5) is 0. The number of hydrogen-bond donors (Lipinski definition) is 2. The van der Waals surface area contributed by atoms with Crippen LogP contribution >= 0.6 is 0 Å². The Morgan fingerprint density at radius 1 is 1.40 bits per heavy atom. The molecule has 0 amide bonds. The van der Waals surface area contributed by atoms with E-state index >= 15 is 0 Å².